The predicted octanol–water partition coefficient (Wildman–Crippen LogP) is 2.09. The zero-order chi connectivity index (χ0) is 12.7. The summed E-state index contributed by atoms with van der Waals surface area (Å²) in [5.41, 5.74) is 0.863. The van der Waals surface area contributed by atoms with Gasteiger partial charge in [-0.3, -0.25) is 0 Å². The normalized spacial score (nSPS) is 12.4. The fourth-order valence-corrected chi connectivity index (χ4v) is 1.62. The molecule has 17 heavy (non-hydrogen) atoms. The predicted molar refractivity (Wildman–Crippen MR) is 67.6 cm³/mol. The fourth-order valence-electron chi connectivity index (χ4n) is 1.62. The monoisotopic (exact) mass is 239 g/mol. The SMILES string of the molecule is CCOCCNC(C)c1ccc(OC)cc1O. The summed E-state index contributed by atoms with van der Waals surface area (Å²) in [5, 5.41) is 13.1. The highest BCUT2D eigenvalue weighted by Crippen LogP contribution is 2.27. The van der Waals surface area contributed by atoms with Crippen LogP contribution in [0.15, 0.2) is 18.2 Å². The maximum Gasteiger partial charge on any atom is 0.124 e. The molecule has 0 saturated heterocycles. The van der Waals surface area contributed by atoms with Gasteiger partial charge in [0.15, 0.2) is 0 Å². The van der Waals surface area contributed by atoms with Crippen LogP contribution in [-0.4, -0.2) is 32.0 Å². The Hall–Kier alpha value is -1.26. The molecule has 0 aromatic heterocycles. The van der Waals surface area contributed by atoms with Gasteiger partial charge in [-0.25, -0.2) is 0 Å². The quantitative estimate of drug-likeness (QED) is 0.715. The molecule has 1 atom stereocenters. The zero-order valence-electron chi connectivity index (χ0n) is 10.7. The molecule has 0 bridgehead atoms. The minimum Gasteiger partial charge on any atom is -0.507 e. The van der Waals surface area contributed by atoms with Gasteiger partial charge in [0.05, 0.1) is 13.7 Å². The first-order valence-corrected chi connectivity index (χ1v) is 5.87. The van der Waals surface area contributed by atoms with Crippen LogP contribution in [0.2, 0.25) is 0 Å². The van der Waals surface area contributed by atoms with Crippen molar-refractivity contribution in [3.63, 3.8) is 0 Å². The van der Waals surface area contributed by atoms with Crippen molar-refractivity contribution in [3.05, 3.63) is 23.8 Å². The second-order valence-electron chi connectivity index (χ2n) is 3.80. The van der Waals surface area contributed by atoms with Gasteiger partial charge in [0.25, 0.3) is 0 Å². The summed E-state index contributed by atoms with van der Waals surface area (Å²) >= 11 is 0. The van der Waals surface area contributed by atoms with E-state index in [0.29, 0.717) is 12.4 Å². The molecule has 0 aliphatic carbocycles. The molecule has 0 saturated carbocycles. The van der Waals surface area contributed by atoms with Gasteiger partial charge in [-0.1, -0.05) is 6.07 Å². The van der Waals surface area contributed by atoms with Gasteiger partial charge in [0.2, 0.25) is 0 Å². The molecular weight excluding hydrogens is 218 g/mol. The van der Waals surface area contributed by atoms with E-state index in [-0.39, 0.29) is 11.8 Å². The highest BCUT2D eigenvalue weighted by molar-refractivity contribution is 5.41. The van der Waals surface area contributed by atoms with E-state index in [1.807, 2.05) is 26.0 Å². The van der Waals surface area contributed by atoms with Crippen LogP contribution in [0.5, 0.6) is 11.5 Å². The standard InChI is InChI=1S/C13H21NO3/c1-4-17-8-7-14-10(2)12-6-5-11(16-3)9-13(12)15/h5-6,9-10,14-15H,4,7-8H2,1-3H3. The maximum absolute atomic E-state index is 9.84. The first-order valence-electron chi connectivity index (χ1n) is 5.87. The molecule has 1 aromatic rings. The first kappa shape index (κ1) is 13.8. The van der Waals surface area contributed by atoms with Gasteiger partial charge in [-0.05, 0) is 19.9 Å². The van der Waals surface area contributed by atoms with Crippen LogP contribution in [0.3, 0.4) is 0 Å². The number of methoxy groups -OCH3 is 1. The van der Waals surface area contributed by atoms with Crippen LogP contribution in [0.4, 0.5) is 0 Å². The number of benzene rings is 1. The largest absolute Gasteiger partial charge is 0.507 e. The molecule has 0 radical (unpaired) electrons. The van der Waals surface area contributed by atoms with Crippen LogP contribution in [0, 0.1) is 0 Å². The van der Waals surface area contributed by atoms with Gasteiger partial charge < -0.3 is 19.9 Å². The molecule has 4 nitrogen and oxygen atoms in total. The van der Waals surface area contributed by atoms with Crippen molar-refractivity contribution in [1.82, 2.24) is 5.32 Å². The molecule has 0 aliphatic heterocycles. The van der Waals surface area contributed by atoms with Crippen LogP contribution < -0.4 is 10.1 Å². The lowest BCUT2D eigenvalue weighted by molar-refractivity contribution is 0.147. The average Bonchev–Trinajstić information content (AvgIpc) is 2.34. The summed E-state index contributed by atoms with van der Waals surface area (Å²) < 4.78 is 10.3. The molecule has 96 valence electrons. The van der Waals surface area contributed by atoms with E-state index in [4.69, 9.17) is 9.47 Å². The van der Waals surface area contributed by atoms with Crippen molar-refractivity contribution in [1.29, 1.82) is 0 Å². The van der Waals surface area contributed by atoms with Crippen LogP contribution in [-0.2, 0) is 4.74 Å². The van der Waals surface area contributed by atoms with Crippen molar-refractivity contribution in [2.45, 2.75) is 19.9 Å². The number of aromatic hydroxyl groups is 1. The van der Waals surface area contributed by atoms with Crippen molar-refractivity contribution in [2.24, 2.45) is 0 Å². The van der Waals surface area contributed by atoms with Gasteiger partial charge in [-0.15, -0.1) is 0 Å². The molecule has 0 aliphatic rings. The lowest BCUT2D eigenvalue weighted by Gasteiger charge is -2.16. The van der Waals surface area contributed by atoms with Gasteiger partial charge in [-0.2, -0.15) is 0 Å². The fraction of sp³-hybridized carbons (Fsp3) is 0.538. The van der Waals surface area contributed by atoms with Gasteiger partial charge in [0.1, 0.15) is 11.5 Å². The van der Waals surface area contributed by atoms with Crippen LogP contribution in [0.1, 0.15) is 25.5 Å². The number of hydrogen-bond acceptors (Lipinski definition) is 4. The Labute approximate surface area is 103 Å². The second-order valence-corrected chi connectivity index (χ2v) is 3.80. The number of phenols is 1. The van der Waals surface area contributed by atoms with Crippen molar-refractivity contribution < 1.29 is 14.6 Å². The van der Waals surface area contributed by atoms with E-state index >= 15 is 0 Å². The Kier molecular flexibility index (Phi) is 5.80. The summed E-state index contributed by atoms with van der Waals surface area (Å²) in [6, 6.07) is 5.42. The third kappa shape index (κ3) is 4.24. The topological polar surface area (TPSA) is 50.7 Å². The van der Waals surface area contributed by atoms with Gasteiger partial charge >= 0.3 is 0 Å². The Morgan fingerprint density at radius 2 is 2.18 bits per heavy atom. The Balaban J connectivity index is 2.53. The summed E-state index contributed by atoms with van der Waals surface area (Å²) in [6.07, 6.45) is 0. The molecule has 1 aromatic carbocycles. The Morgan fingerprint density at radius 3 is 2.76 bits per heavy atom. The van der Waals surface area contributed by atoms with Crippen molar-refractivity contribution >= 4 is 0 Å². The average molecular weight is 239 g/mol. The van der Waals surface area contributed by atoms with E-state index < -0.39 is 0 Å². The summed E-state index contributed by atoms with van der Waals surface area (Å²) in [5.74, 6) is 0.911. The number of ether oxygens (including phenoxy) is 2. The van der Waals surface area contributed by atoms with E-state index in [1.165, 1.54) is 0 Å². The molecule has 0 fully saturated rings. The molecule has 0 spiro atoms. The number of hydrogen-bond donors (Lipinski definition) is 2. The van der Waals surface area contributed by atoms with E-state index in [0.717, 1.165) is 18.7 Å². The van der Waals surface area contributed by atoms with E-state index in [9.17, 15) is 5.11 Å². The molecule has 1 rings (SSSR count). The minimum absolute atomic E-state index is 0.0846. The highest BCUT2D eigenvalue weighted by atomic mass is 16.5. The molecule has 0 amide bonds. The third-order valence-corrected chi connectivity index (χ3v) is 2.61. The lowest BCUT2D eigenvalue weighted by Crippen LogP contribution is -2.23. The number of nitrogens with one attached hydrogen (secondary N) is 1. The Morgan fingerprint density at radius 1 is 1.41 bits per heavy atom. The molecule has 2 N–H and O–H groups in total. The van der Waals surface area contributed by atoms with Crippen LogP contribution >= 0.6 is 0 Å². The smallest absolute Gasteiger partial charge is 0.124 e. The summed E-state index contributed by atoms with van der Waals surface area (Å²) in [7, 11) is 1.58. The third-order valence-electron chi connectivity index (χ3n) is 2.61. The van der Waals surface area contributed by atoms with Crippen molar-refractivity contribution in [3.8, 4) is 11.5 Å². The summed E-state index contributed by atoms with van der Waals surface area (Å²) in [4.78, 5) is 0. The lowest BCUT2D eigenvalue weighted by atomic mass is 10.1. The van der Waals surface area contributed by atoms with Crippen LogP contribution in [0.25, 0.3) is 0 Å². The minimum atomic E-state index is 0.0846. The molecule has 0 heterocycles. The van der Waals surface area contributed by atoms with Gasteiger partial charge in [0, 0.05) is 30.8 Å². The molecule has 1 unspecified atom stereocenters. The number of phenolic OH excluding ortho intramolecular Hbond substituents is 1. The zero-order valence-corrected chi connectivity index (χ0v) is 10.7. The first-order chi connectivity index (χ1) is 8.19. The maximum atomic E-state index is 9.84. The second kappa shape index (κ2) is 7.14. The summed E-state index contributed by atoms with van der Waals surface area (Å²) in [6.45, 7) is 6.15. The highest BCUT2D eigenvalue weighted by Gasteiger charge is 2.10. The van der Waals surface area contributed by atoms with E-state index in [2.05, 4.69) is 5.32 Å². The Bertz CT molecular complexity index is 341. The molecular formula is C13H21NO3. The van der Waals surface area contributed by atoms with E-state index in [1.54, 1.807) is 13.2 Å². The molecule has 4 heteroatoms. The number of rotatable bonds is 7. The van der Waals surface area contributed by atoms with Crippen molar-refractivity contribution in [2.75, 3.05) is 26.9 Å².